The van der Waals surface area contributed by atoms with Crippen molar-refractivity contribution in [1.82, 2.24) is 10.2 Å². The second-order valence-electron chi connectivity index (χ2n) is 5.01. The lowest BCUT2D eigenvalue weighted by atomic mass is 10.1. The summed E-state index contributed by atoms with van der Waals surface area (Å²) in [6.07, 6.45) is 0. The van der Waals surface area contributed by atoms with Crippen LogP contribution >= 0.6 is 34.9 Å². The van der Waals surface area contributed by atoms with Crippen LogP contribution < -0.4 is 5.32 Å². The van der Waals surface area contributed by atoms with E-state index in [2.05, 4.69) is 15.5 Å². The molecule has 1 amide bonds. The lowest BCUT2D eigenvalue weighted by Gasteiger charge is -2.04. The van der Waals surface area contributed by atoms with Crippen LogP contribution in [0, 0.1) is 5.82 Å². The van der Waals surface area contributed by atoms with Gasteiger partial charge in [0.25, 0.3) is 0 Å². The number of hydrogen-bond donors (Lipinski definition) is 1. The minimum atomic E-state index is -0.547. The first-order valence-electron chi connectivity index (χ1n) is 7.74. The minimum Gasteiger partial charge on any atom is -0.465 e. The number of carbonyl (C=O) groups excluding carboxylic acids is 3. The lowest BCUT2D eigenvalue weighted by Crippen LogP contribution is -2.14. The van der Waals surface area contributed by atoms with Crippen LogP contribution in [-0.4, -0.2) is 46.0 Å². The predicted molar refractivity (Wildman–Crippen MR) is 103 cm³/mol. The molecule has 0 unspecified atom stereocenters. The van der Waals surface area contributed by atoms with Gasteiger partial charge in [-0.05, 0) is 26.0 Å². The molecule has 2 aromatic rings. The van der Waals surface area contributed by atoms with E-state index in [1.807, 2.05) is 0 Å². The number of aromatic nitrogens is 2. The molecule has 0 aliphatic carbocycles. The third kappa shape index (κ3) is 6.92. The van der Waals surface area contributed by atoms with Crippen LogP contribution in [-0.2, 0) is 14.3 Å². The van der Waals surface area contributed by atoms with Crippen molar-refractivity contribution in [2.45, 2.75) is 23.1 Å². The number of anilines is 1. The summed E-state index contributed by atoms with van der Waals surface area (Å²) in [4.78, 5) is 34.8. The molecule has 1 aromatic heterocycles. The van der Waals surface area contributed by atoms with E-state index in [1.165, 1.54) is 30.8 Å². The zero-order valence-electron chi connectivity index (χ0n) is 14.5. The Bertz CT molecular complexity index is 844. The van der Waals surface area contributed by atoms with Gasteiger partial charge in [0.1, 0.15) is 5.82 Å². The number of ketones is 1. The van der Waals surface area contributed by atoms with Gasteiger partial charge in [-0.2, -0.15) is 0 Å². The first kappa shape index (κ1) is 21.3. The maximum Gasteiger partial charge on any atom is 0.316 e. The van der Waals surface area contributed by atoms with Gasteiger partial charge in [-0.3, -0.25) is 19.7 Å². The normalized spacial score (nSPS) is 10.5. The molecule has 0 spiro atoms. The van der Waals surface area contributed by atoms with Crippen LogP contribution in [0.1, 0.15) is 24.2 Å². The van der Waals surface area contributed by atoms with Crippen LogP contribution in [0.4, 0.5) is 9.52 Å². The quantitative estimate of drug-likeness (QED) is 0.281. The fraction of sp³-hybridized carbons (Fsp3) is 0.312. The number of hydrogen-bond acceptors (Lipinski definition) is 9. The van der Waals surface area contributed by atoms with Crippen LogP contribution in [0.15, 0.2) is 27.4 Å². The summed E-state index contributed by atoms with van der Waals surface area (Å²) in [5.41, 5.74) is 0.281. The fourth-order valence-electron chi connectivity index (χ4n) is 1.78. The number of rotatable bonds is 9. The second kappa shape index (κ2) is 10.4. The van der Waals surface area contributed by atoms with Gasteiger partial charge >= 0.3 is 5.97 Å². The van der Waals surface area contributed by atoms with E-state index in [0.29, 0.717) is 16.1 Å². The monoisotopic (exact) mass is 429 g/mol. The Morgan fingerprint density at radius 1 is 1.22 bits per heavy atom. The fourth-order valence-corrected chi connectivity index (χ4v) is 4.06. The van der Waals surface area contributed by atoms with Gasteiger partial charge in [0.05, 0.1) is 18.1 Å². The summed E-state index contributed by atoms with van der Waals surface area (Å²) < 4.78 is 19.3. The molecule has 7 nitrogen and oxygen atoms in total. The molecule has 1 aromatic carbocycles. The summed E-state index contributed by atoms with van der Waals surface area (Å²) in [7, 11) is 0. The van der Waals surface area contributed by atoms with E-state index in [4.69, 9.17) is 4.74 Å². The van der Waals surface area contributed by atoms with Crippen molar-refractivity contribution in [3.63, 3.8) is 0 Å². The highest BCUT2D eigenvalue weighted by Crippen LogP contribution is 2.26. The third-order valence-corrected chi connectivity index (χ3v) is 5.96. The molecule has 1 N–H and O–H groups in total. The zero-order valence-corrected chi connectivity index (χ0v) is 16.9. The summed E-state index contributed by atoms with van der Waals surface area (Å²) in [5.74, 6) is -1.40. The molecule has 11 heteroatoms. The van der Waals surface area contributed by atoms with Crippen molar-refractivity contribution >= 4 is 57.7 Å². The van der Waals surface area contributed by atoms with E-state index in [-0.39, 0.29) is 39.6 Å². The van der Waals surface area contributed by atoms with E-state index >= 15 is 0 Å². The largest absolute Gasteiger partial charge is 0.465 e. The molecular weight excluding hydrogens is 413 g/mol. The van der Waals surface area contributed by atoms with Gasteiger partial charge in [0.15, 0.2) is 10.1 Å². The highest BCUT2D eigenvalue weighted by molar-refractivity contribution is 8.01. The summed E-state index contributed by atoms with van der Waals surface area (Å²) >= 11 is 3.31. The molecular formula is C16H16FN3O4S3. The summed E-state index contributed by atoms with van der Waals surface area (Å²) in [6.45, 7) is 3.39. The Balaban J connectivity index is 1.82. The Morgan fingerprint density at radius 3 is 2.67 bits per heavy atom. The maximum atomic E-state index is 13.9. The van der Waals surface area contributed by atoms with Gasteiger partial charge in [-0.25, -0.2) is 4.39 Å². The lowest BCUT2D eigenvalue weighted by molar-refractivity contribution is -0.139. The number of ether oxygens (including phenoxy) is 1. The van der Waals surface area contributed by atoms with E-state index in [0.717, 1.165) is 29.2 Å². The Hall–Kier alpha value is -1.98. The first-order chi connectivity index (χ1) is 12.9. The van der Waals surface area contributed by atoms with E-state index in [9.17, 15) is 18.8 Å². The third-order valence-electron chi connectivity index (χ3n) is 2.97. The Labute approximate surface area is 167 Å². The molecule has 1 heterocycles. The van der Waals surface area contributed by atoms with Gasteiger partial charge < -0.3 is 4.74 Å². The number of benzene rings is 1. The number of amides is 1. The summed E-state index contributed by atoms with van der Waals surface area (Å²) in [6, 6.07) is 4.14. The summed E-state index contributed by atoms with van der Waals surface area (Å²) in [5, 5.41) is 10.6. The predicted octanol–water partition coefficient (Wildman–Crippen LogP) is 3.27. The maximum absolute atomic E-state index is 13.9. The van der Waals surface area contributed by atoms with Crippen LogP contribution in [0.25, 0.3) is 0 Å². The molecule has 2 rings (SSSR count). The number of nitrogens with zero attached hydrogens (tertiary/aromatic N) is 2. The van der Waals surface area contributed by atoms with Gasteiger partial charge in [0.2, 0.25) is 11.0 Å². The molecule has 27 heavy (non-hydrogen) atoms. The van der Waals surface area contributed by atoms with Crippen molar-refractivity contribution in [3.8, 4) is 0 Å². The zero-order chi connectivity index (χ0) is 19.8. The van der Waals surface area contributed by atoms with Crippen molar-refractivity contribution < 1.29 is 23.5 Å². The molecule has 0 saturated carbocycles. The van der Waals surface area contributed by atoms with Crippen LogP contribution in [0.2, 0.25) is 0 Å². The van der Waals surface area contributed by atoms with Gasteiger partial charge in [0, 0.05) is 10.5 Å². The molecule has 144 valence electrons. The number of nitrogens with one attached hydrogen (secondary N) is 1. The van der Waals surface area contributed by atoms with Crippen molar-refractivity contribution in [2.75, 3.05) is 23.4 Å². The van der Waals surface area contributed by atoms with Crippen LogP contribution in [0.3, 0.4) is 0 Å². The average molecular weight is 430 g/mol. The van der Waals surface area contributed by atoms with E-state index in [1.54, 1.807) is 6.92 Å². The minimum absolute atomic E-state index is 0.0266. The smallest absolute Gasteiger partial charge is 0.316 e. The second-order valence-corrected chi connectivity index (χ2v) is 8.22. The first-order valence-corrected chi connectivity index (χ1v) is 10.5. The number of esters is 1. The highest BCUT2D eigenvalue weighted by Gasteiger charge is 2.13. The van der Waals surface area contributed by atoms with Crippen molar-refractivity contribution in [1.29, 1.82) is 0 Å². The number of thioether (sulfide) groups is 2. The van der Waals surface area contributed by atoms with Crippen molar-refractivity contribution in [3.05, 3.63) is 29.6 Å². The van der Waals surface area contributed by atoms with Gasteiger partial charge in [-0.1, -0.05) is 29.2 Å². The molecule has 0 atom stereocenters. The average Bonchev–Trinajstić information content (AvgIpc) is 3.06. The number of halogens is 1. The molecule has 0 bridgehead atoms. The number of Topliss-reactive ketones (excluding diaryl/α,β-unsaturated/α-hetero) is 1. The Kier molecular flexibility index (Phi) is 8.20. The molecule has 0 aliphatic heterocycles. The van der Waals surface area contributed by atoms with Crippen LogP contribution in [0.5, 0.6) is 0 Å². The SMILES string of the molecule is CCOC(=O)CSc1nnc(NC(=O)CSc2ccc(C(C)=O)cc2F)s1. The van der Waals surface area contributed by atoms with Crippen molar-refractivity contribution in [2.24, 2.45) is 0 Å². The van der Waals surface area contributed by atoms with Gasteiger partial charge in [-0.15, -0.1) is 22.0 Å². The molecule has 0 fully saturated rings. The van der Waals surface area contributed by atoms with E-state index < -0.39 is 5.82 Å². The Morgan fingerprint density at radius 2 is 2.00 bits per heavy atom. The standard InChI is InChI=1S/C16H16FN3O4S3/c1-3-24-14(23)8-26-16-20-19-15(27-16)18-13(22)7-25-12-5-4-10(9(2)21)6-11(12)17/h4-6H,3,7-8H2,1-2H3,(H,18,19,22). The number of carbonyl (C=O) groups is 3. The molecule has 0 aliphatic rings. The topological polar surface area (TPSA) is 98.2 Å². The molecule has 0 saturated heterocycles. The molecule has 0 radical (unpaired) electrons. The highest BCUT2D eigenvalue weighted by atomic mass is 32.2.